The number of imidazole rings is 1. The number of aromatic amines is 1. The fourth-order valence-electron chi connectivity index (χ4n) is 3.32. The second kappa shape index (κ2) is 10.2. The Morgan fingerprint density at radius 2 is 1.83 bits per heavy atom. The molecule has 0 aliphatic carbocycles. The molecule has 0 spiro atoms. The minimum atomic E-state index is -0.195. The summed E-state index contributed by atoms with van der Waals surface area (Å²) in [4.78, 5) is 20.9. The van der Waals surface area contributed by atoms with Crippen LogP contribution in [0.2, 0.25) is 0 Å². The van der Waals surface area contributed by atoms with Crippen LogP contribution < -0.4 is 19.5 Å². The number of aromatic nitrogens is 2. The predicted octanol–water partition coefficient (Wildman–Crippen LogP) is 3.74. The van der Waals surface area contributed by atoms with Gasteiger partial charge in [-0.1, -0.05) is 12.1 Å². The first-order valence-corrected chi connectivity index (χ1v) is 11.0. The highest BCUT2D eigenvalue weighted by Gasteiger charge is 2.20. The van der Waals surface area contributed by atoms with E-state index in [0.717, 1.165) is 34.6 Å². The average Bonchev–Trinajstić information content (AvgIpc) is 3.20. The van der Waals surface area contributed by atoms with E-state index in [1.807, 2.05) is 30.5 Å². The molecule has 3 rings (SSSR count). The highest BCUT2D eigenvalue weighted by molar-refractivity contribution is 7.98. The van der Waals surface area contributed by atoms with E-state index >= 15 is 0 Å². The first kappa shape index (κ1) is 21.8. The highest BCUT2D eigenvalue weighted by atomic mass is 32.2. The van der Waals surface area contributed by atoms with E-state index in [2.05, 4.69) is 15.3 Å². The van der Waals surface area contributed by atoms with E-state index in [9.17, 15) is 4.79 Å². The maximum Gasteiger partial charge on any atom is 0.225 e. The molecule has 0 aliphatic heterocycles. The van der Waals surface area contributed by atoms with E-state index in [4.69, 9.17) is 14.2 Å². The lowest BCUT2D eigenvalue weighted by Gasteiger charge is -2.17. The van der Waals surface area contributed by atoms with E-state index in [0.29, 0.717) is 17.2 Å². The molecule has 0 bridgehead atoms. The fourth-order valence-corrected chi connectivity index (χ4v) is 3.79. The molecular formula is C22H27N3O4S. The molecule has 0 saturated heterocycles. The summed E-state index contributed by atoms with van der Waals surface area (Å²) in [6.07, 6.45) is 3.02. The van der Waals surface area contributed by atoms with Crippen molar-refractivity contribution in [3.05, 3.63) is 47.8 Å². The number of nitrogens with one attached hydrogen (secondary N) is 2. The van der Waals surface area contributed by atoms with Crippen molar-refractivity contribution in [3.8, 4) is 17.2 Å². The van der Waals surface area contributed by atoms with Crippen LogP contribution >= 0.6 is 11.8 Å². The smallest absolute Gasteiger partial charge is 0.225 e. The Kier molecular flexibility index (Phi) is 7.46. The van der Waals surface area contributed by atoms with Crippen LogP contribution in [0, 0.1) is 0 Å². The summed E-state index contributed by atoms with van der Waals surface area (Å²) in [6, 6.07) is 11.2. The second-order valence-corrected chi connectivity index (χ2v) is 7.74. The fraction of sp³-hybridized carbons (Fsp3) is 0.364. The van der Waals surface area contributed by atoms with Crippen LogP contribution in [0.5, 0.6) is 17.2 Å². The zero-order valence-corrected chi connectivity index (χ0v) is 18.5. The van der Waals surface area contributed by atoms with Crippen molar-refractivity contribution in [1.29, 1.82) is 0 Å². The Labute approximate surface area is 180 Å². The third kappa shape index (κ3) is 4.99. The van der Waals surface area contributed by atoms with E-state index in [1.54, 1.807) is 45.2 Å². The number of fused-ring (bicyclic) bond motifs is 1. The maximum absolute atomic E-state index is 12.9. The van der Waals surface area contributed by atoms with Crippen molar-refractivity contribution in [2.24, 2.45) is 0 Å². The molecule has 2 aromatic carbocycles. The molecule has 1 amide bonds. The van der Waals surface area contributed by atoms with Crippen LogP contribution in [0.15, 0.2) is 36.4 Å². The number of rotatable bonds is 10. The van der Waals surface area contributed by atoms with Crippen molar-refractivity contribution in [2.75, 3.05) is 33.3 Å². The molecule has 0 aliphatic rings. The number of ether oxygens (including phenoxy) is 3. The number of amides is 1. The summed E-state index contributed by atoms with van der Waals surface area (Å²) in [5.41, 5.74) is 2.62. The molecule has 160 valence electrons. The number of methoxy groups -OCH3 is 3. The summed E-state index contributed by atoms with van der Waals surface area (Å²) >= 11 is 1.74. The normalized spacial score (nSPS) is 11.9. The number of carbonyl (C=O) groups is 1. The van der Waals surface area contributed by atoms with Gasteiger partial charge in [0.05, 0.1) is 44.8 Å². The number of hydrogen-bond donors (Lipinski definition) is 2. The standard InChI is InChI=1S/C22H27N3O4S/c1-27-18-11-14(12-19(28-2)21(18)29-3)13-20(26)23-17(9-10-30-4)22-24-15-7-5-6-8-16(15)25-22/h5-8,11-12,17H,9-10,13H2,1-4H3,(H,23,26)(H,24,25). The first-order chi connectivity index (χ1) is 14.6. The number of H-pyrrole nitrogens is 1. The van der Waals surface area contributed by atoms with Crippen LogP contribution in [-0.4, -0.2) is 49.2 Å². The molecule has 30 heavy (non-hydrogen) atoms. The lowest BCUT2D eigenvalue weighted by molar-refractivity contribution is -0.121. The molecule has 0 fully saturated rings. The zero-order chi connectivity index (χ0) is 21.5. The Hall–Kier alpha value is -2.87. The van der Waals surface area contributed by atoms with Crippen LogP contribution in [0.25, 0.3) is 11.0 Å². The third-order valence-electron chi connectivity index (χ3n) is 4.77. The lowest BCUT2D eigenvalue weighted by atomic mass is 10.1. The molecule has 1 unspecified atom stereocenters. The Morgan fingerprint density at radius 1 is 1.13 bits per heavy atom. The Bertz CT molecular complexity index is 947. The van der Waals surface area contributed by atoms with Crippen molar-refractivity contribution in [1.82, 2.24) is 15.3 Å². The van der Waals surface area contributed by atoms with Gasteiger partial charge in [-0.25, -0.2) is 4.98 Å². The largest absolute Gasteiger partial charge is 0.493 e. The number of para-hydroxylation sites is 2. The number of nitrogens with zero attached hydrogens (tertiary/aromatic N) is 1. The van der Waals surface area contributed by atoms with Gasteiger partial charge in [0.15, 0.2) is 11.5 Å². The summed E-state index contributed by atoms with van der Waals surface area (Å²) in [6.45, 7) is 0. The average molecular weight is 430 g/mol. The number of hydrogen-bond acceptors (Lipinski definition) is 6. The lowest BCUT2D eigenvalue weighted by Crippen LogP contribution is -2.31. The number of benzene rings is 2. The van der Waals surface area contributed by atoms with Crippen LogP contribution in [-0.2, 0) is 11.2 Å². The highest BCUT2D eigenvalue weighted by Crippen LogP contribution is 2.38. The van der Waals surface area contributed by atoms with Crippen LogP contribution in [0.1, 0.15) is 23.9 Å². The minimum absolute atomic E-state index is 0.101. The van der Waals surface area contributed by atoms with Gasteiger partial charge >= 0.3 is 0 Å². The van der Waals surface area contributed by atoms with Gasteiger partial charge in [0.2, 0.25) is 11.7 Å². The topological polar surface area (TPSA) is 85.5 Å². The van der Waals surface area contributed by atoms with Gasteiger partial charge in [0.25, 0.3) is 0 Å². The predicted molar refractivity (Wildman–Crippen MR) is 120 cm³/mol. The van der Waals surface area contributed by atoms with Gasteiger partial charge in [0.1, 0.15) is 5.82 Å². The molecule has 0 saturated carbocycles. The SMILES string of the molecule is COc1cc(CC(=O)NC(CCSC)c2nc3ccccc3[nH]2)cc(OC)c1OC. The summed E-state index contributed by atoms with van der Waals surface area (Å²) in [5, 5.41) is 3.12. The Balaban J connectivity index is 1.79. The van der Waals surface area contributed by atoms with Crippen LogP contribution in [0.4, 0.5) is 0 Å². The third-order valence-corrected chi connectivity index (χ3v) is 5.42. The van der Waals surface area contributed by atoms with Gasteiger partial charge in [-0.2, -0.15) is 11.8 Å². The Morgan fingerprint density at radius 3 is 2.43 bits per heavy atom. The summed E-state index contributed by atoms with van der Waals surface area (Å²) < 4.78 is 16.1. The van der Waals surface area contributed by atoms with Gasteiger partial charge in [-0.15, -0.1) is 0 Å². The van der Waals surface area contributed by atoms with Crippen molar-refractivity contribution < 1.29 is 19.0 Å². The number of thioether (sulfide) groups is 1. The first-order valence-electron chi connectivity index (χ1n) is 9.61. The van der Waals surface area contributed by atoms with E-state index in [1.165, 1.54) is 0 Å². The monoisotopic (exact) mass is 429 g/mol. The molecule has 7 nitrogen and oxygen atoms in total. The molecule has 1 aromatic heterocycles. The van der Waals surface area contributed by atoms with Gasteiger partial charge in [-0.3, -0.25) is 4.79 Å². The van der Waals surface area contributed by atoms with Gasteiger partial charge in [0, 0.05) is 0 Å². The van der Waals surface area contributed by atoms with E-state index in [-0.39, 0.29) is 18.4 Å². The van der Waals surface area contributed by atoms with Crippen LogP contribution in [0.3, 0.4) is 0 Å². The molecule has 1 atom stereocenters. The van der Waals surface area contributed by atoms with Crippen molar-refractivity contribution in [3.63, 3.8) is 0 Å². The summed E-state index contributed by atoms with van der Waals surface area (Å²) in [7, 11) is 4.67. The van der Waals surface area contributed by atoms with Crippen molar-refractivity contribution >= 4 is 28.7 Å². The number of carbonyl (C=O) groups excluding carboxylic acids is 1. The van der Waals surface area contributed by atoms with Crippen molar-refractivity contribution in [2.45, 2.75) is 18.9 Å². The second-order valence-electron chi connectivity index (χ2n) is 6.75. The molecule has 1 heterocycles. The van der Waals surface area contributed by atoms with Gasteiger partial charge < -0.3 is 24.5 Å². The molecule has 8 heteroatoms. The maximum atomic E-state index is 12.9. The van der Waals surface area contributed by atoms with Gasteiger partial charge in [-0.05, 0) is 48.3 Å². The quantitative estimate of drug-likeness (QED) is 0.511. The molecule has 2 N–H and O–H groups in total. The minimum Gasteiger partial charge on any atom is -0.493 e. The molecule has 3 aromatic rings. The molecule has 0 radical (unpaired) electrons. The zero-order valence-electron chi connectivity index (χ0n) is 17.7. The molecular weight excluding hydrogens is 402 g/mol. The van der Waals surface area contributed by atoms with E-state index < -0.39 is 0 Å². The summed E-state index contributed by atoms with van der Waals surface area (Å²) in [5.74, 6) is 3.13.